The molecule has 27 heavy (non-hydrogen) atoms. The van der Waals surface area contributed by atoms with Crippen LogP contribution in [0.1, 0.15) is 16.8 Å². The number of ether oxygens (including phenoxy) is 1. The van der Waals surface area contributed by atoms with Crippen LogP contribution in [0, 0.1) is 5.92 Å². The number of nitrogens with zero attached hydrogens (tertiary/aromatic N) is 2. The van der Waals surface area contributed by atoms with Crippen LogP contribution in [-0.2, 0) is 14.6 Å². The van der Waals surface area contributed by atoms with Crippen LogP contribution in [0.4, 0.5) is 8.78 Å². The summed E-state index contributed by atoms with van der Waals surface area (Å²) in [4.78, 5) is 28.1. The summed E-state index contributed by atoms with van der Waals surface area (Å²) in [6.45, 7) is -1.58. The van der Waals surface area contributed by atoms with Gasteiger partial charge in [-0.3, -0.25) is 9.59 Å². The molecule has 0 aliphatic carbocycles. The Balaban J connectivity index is 1.54. The Morgan fingerprint density at radius 2 is 1.63 bits per heavy atom. The van der Waals surface area contributed by atoms with E-state index >= 15 is 0 Å². The number of rotatable bonds is 4. The van der Waals surface area contributed by atoms with Crippen LogP contribution in [0.2, 0.25) is 0 Å². The number of carbonyl (C=O) groups is 2. The van der Waals surface area contributed by atoms with E-state index in [1.807, 2.05) is 0 Å². The van der Waals surface area contributed by atoms with Crippen molar-refractivity contribution < 1.29 is 31.5 Å². The van der Waals surface area contributed by atoms with E-state index in [0.29, 0.717) is 38.2 Å². The highest BCUT2D eigenvalue weighted by molar-refractivity contribution is 7.91. The van der Waals surface area contributed by atoms with Crippen molar-refractivity contribution in [2.75, 3.05) is 37.7 Å². The van der Waals surface area contributed by atoms with Gasteiger partial charge in [-0.2, -0.15) is 8.78 Å². The molecule has 1 aromatic carbocycles. The molecule has 2 aliphatic rings. The average molecular weight is 402 g/mol. The van der Waals surface area contributed by atoms with E-state index in [4.69, 9.17) is 0 Å². The first-order valence-corrected chi connectivity index (χ1v) is 10.4. The fraction of sp³-hybridized carbons (Fsp3) is 0.529. The number of carbonyl (C=O) groups excluding carboxylic acids is 2. The van der Waals surface area contributed by atoms with E-state index in [1.54, 1.807) is 9.80 Å². The summed E-state index contributed by atoms with van der Waals surface area (Å²) in [7, 11) is -3.12. The highest BCUT2D eigenvalue weighted by Gasteiger charge is 2.36. The first-order chi connectivity index (χ1) is 12.7. The Hall–Kier alpha value is -2.23. The molecule has 2 amide bonds. The number of piperazine rings is 1. The minimum atomic E-state index is -3.12. The van der Waals surface area contributed by atoms with Crippen LogP contribution in [0.15, 0.2) is 24.3 Å². The van der Waals surface area contributed by atoms with Crippen molar-refractivity contribution in [3.05, 3.63) is 29.8 Å². The van der Waals surface area contributed by atoms with E-state index in [1.165, 1.54) is 24.3 Å². The molecule has 148 valence electrons. The maximum absolute atomic E-state index is 12.5. The lowest BCUT2D eigenvalue weighted by atomic mass is 10.1. The van der Waals surface area contributed by atoms with Gasteiger partial charge in [0, 0.05) is 31.7 Å². The van der Waals surface area contributed by atoms with Crippen molar-refractivity contribution in [3.63, 3.8) is 0 Å². The number of amides is 2. The molecule has 2 fully saturated rings. The van der Waals surface area contributed by atoms with Gasteiger partial charge in [0.25, 0.3) is 5.91 Å². The minimum absolute atomic E-state index is 0.0246. The highest BCUT2D eigenvalue weighted by Crippen LogP contribution is 2.22. The third kappa shape index (κ3) is 4.74. The van der Waals surface area contributed by atoms with E-state index in [0.717, 1.165) is 0 Å². The molecule has 0 aromatic heterocycles. The average Bonchev–Trinajstić information content (AvgIpc) is 3.01. The molecule has 1 atom stereocenters. The van der Waals surface area contributed by atoms with Crippen LogP contribution in [0.3, 0.4) is 0 Å². The molecule has 2 saturated heterocycles. The second-order valence-corrected chi connectivity index (χ2v) is 8.85. The summed E-state index contributed by atoms with van der Waals surface area (Å²) in [5.74, 6) is -0.987. The van der Waals surface area contributed by atoms with Gasteiger partial charge in [-0.15, -0.1) is 0 Å². The van der Waals surface area contributed by atoms with E-state index in [9.17, 15) is 26.8 Å². The summed E-state index contributed by atoms with van der Waals surface area (Å²) in [6.07, 6.45) is 0.355. The molecule has 0 spiro atoms. The molecule has 0 radical (unpaired) electrons. The number of alkyl halides is 2. The van der Waals surface area contributed by atoms with Gasteiger partial charge in [-0.1, -0.05) is 0 Å². The van der Waals surface area contributed by atoms with E-state index in [-0.39, 0.29) is 29.1 Å². The quantitative estimate of drug-likeness (QED) is 0.751. The Morgan fingerprint density at radius 3 is 2.15 bits per heavy atom. The molecular formula is C17H20F2N2O5S. The number of sulfone groups is 1. The van der Waals surface area contributed by atoms with Crippen molar-refractivity contribution in [1.82, 2.24) is 9.80 Å². The summed E-state index contributed by atoms with van der Waals surface area (Å²) >= 11 is 0. The predicted molar refractivity (Wildman–Crippen MR) is 92.3 cm³/mol. The third-order valence-corrected chi connectivity index (χ3v) is 6.55. The topological polar surface area (TPSA) is 84.0 Å². The molecule has 3 rings (SSSR count). The van der Waals surface area contributed by atoms with Crippen LogP contribution >= 0.6 is 0 Å². The lowest BCUT2D eigenvalue weighted by Crippen LogP contribution is -2.52. The summed E-state index contributed by atoms with van der Waals surface area (Å²) in [5.41, 5.74) is 0.346. The summed E-state index contributed by atoms with van der Waals surface area (Å²) in [5, 5.41) is 0. The van der Waals surface area contributed by atoms with Crippen LogP contribution < -0.4 is 4.74 Å². The number of benzene rings is 1. The Bertz CT molecular complexity index is 805. The summed E-state index contributed by atoms with van der Waals surface area (Å²) < 4.78 is 51.7. The largest absolute Gasteiger partial charge is 0.435 e. The lowest BCUT2D eigenvalue weighted by Gasteiger charge is -2.35. The van der Waals surface area contributed by atoms with Gasteiger partial charge < -0.3 is 14.5 Å². The van der Waals surface area contributed by atoms with Crippen molar-refractivity contribution in [1.29, 1.82) is 0 Å². The Morgan fingerprint density at radius 1 is 1.04 bits per heavy atom. The highest BCUT2D eigenvalue weighted by atomic mass is 32.2. The fourth-order valence-electron chi connectivity index (χ4n) is 3.34. The maximum atomic E-state index is 12.5. The second-order valence-electron chi connectivity index (χ2n) is 6.62. The third-order valence-electron chi connectivity index (χ3n) is 4.79. The molecule has 7 nitrogen and oxygen atoms in total. The fourth-order valence-corrected chi connectivity index (χ4v) is 5.07. The minimum Gasteiger partial charge on any atom is -0.435 e. The standard InChI is InChI=1S/C17H20F2N2O5S/c18-17(19)26-14-3-1-12(2-4-14)15(22)20-6-8-21(9-7-20)16(23)13-5-10-27(24,25)11-13/h1-4,13,17H,5-11H2. The number of halogens is 2. The molecule has 10 heteroatoms. The zero-order valence-electron chi connectivity index (χ0n) is 14.5. The van der Waals surface area contributed by atoms with Gasteiger partial charge in [0.1, 0.15) is 5.75 Å². The molecule has 1 unspecified atom stereocenters. The SMILES string of the molecule is O=C(c1ccc(OC(F)F)cc1)N1CCN(C(=O)C2CCS(=O)(=O)C2)CC1. The predicted octanol–water partition coefficient (Wildman–Crippen LogP) is 1.01. The number of hydrogen-bond donors (Lipinski definition) is 0. The lowest BCUT2D eigenvalue weighted by molar-refractivity contribution is -0.136. The van der Waals surface area contributed by atoms with Gasteiger partial charge in [0.15, 0.2) is 9.84 Å². The molecule has 2 aliphatic heterocycles. The van der Waals surface area contributed by atoms with Crippen LogP contribution in [-0.4, -0.2) is 74.3 Å². The molecule has 0 saturated carbocycles. The van der Waals surface area contributed by atoms with Crippen molar-refractivity contribution in [3.8, 4) is 5.75 Å². The van der Waals surface area contributed by atoms with Gasteiger partial charge >= 0.3 is 6.61 Å². The zero-order chi connectivity index (χ0) is 19.6. The second kappa shape index (κ2) is 7.79. The van der Waals surface area contributed by atoms with Crippen molar-refractivity contribution in [2.24, 2.45) is 5.92 Å². The van der Waals surface area contributed by atoms with Gasteiger partial charge in [-0.25, -0.2) is 8.42 Å². The monoisotopic (exact) mass is 402 g/mol. The molecule has 1 aromatic rings. The Labute approximate surface area is 155 Å². The van der Waals surface area contributed by atoms with Gasteiger partial charge in [0.05, 0.1) is 17.4 Å². The zero-order valence-corrected chi connectivity index (χ0v) is 15.3. The normalized spacial score (nSPS) is 22.1. The van der Waals surface area contributed by atoms with Crippen LogP contribution in [0.5, 0.6) is 5.75 Å². The van der Waals surface area contributed by atoms with Gasteiger partial charge in [0.2, 0.25) is 5.91 Å². The van der Waals surface area contributed by atoms with Crippen LogP contribution in [0.25, 0.3) is 0 Å². The molecule has 0 bridgehead atoms. The smallest absolute Gasteiger partial charge is 0.387 e. The summed E-state index contributed by atoms with van der Waals surface area (Å²) in [6, 6.07) is 5.45. The molecular weight excluding hydrogens is 382 g/mol. The number of hydrogen-bond acceptors (Lipinski definition) is 5. The van der Waals surface area contributed by atoms with Gasteiger partial charge in [-0.05, 0) is 30.7 Å². The van der Waals surface area contributed by atoms with E-state index < -0.39 is 22.4 Å². The molecule has 0 N–H and O–H groups in total. The van der Waals surface area contributed by atoms with Crippen molar-refractivity contribution >= 4 is 21.7 Å². The first kappa shape index (κ1) is 19.5. The maximum Gasteiger partial charge on any atom is 0.387 e. The first-order valence-electron chi connectivity index (χ1n) is 8.58. The molecule has 2 heterocycles. The van der Waals surface area contributed by atoms with E-state index in [2.05, 4.69) is 4.74 Å². The van der Waals surface area contributed by atoms with Crippen molar-refractivity contribution in [2.45, 2.75) is 13.0 Å². The Kier molecular flexibility index (Phi) is 5.64.